The third kappa shape index (κ3) is 3.17. The molecule has 22 heavy (non-hydrogen) atoms. The first-order chi connectivity index (χ1) is 10.5. The summed E-state index contributed by atoms with van der Waals surface area (Å²) in [6.07, 6.45) is 6.04. The lowest BCUT2D eigenvalue weighted by atomic mass is 10.0. The van der Waals surface area contributed by atoms with Crippen LogP contribution < -0.4 is 5.56 Å². The number of hydrogen-bond acceptors (Lipinski definition) is 3. The lowest BCUT2D eigenvalue weighted by Crippen LogP contribution is -2.21. The summed E-state index contributed by atoms with van der Waals surface area (Å²) in [5.41, 5.74) is 1.74. The fraction of sp³-hybridized carbons (Fsp3) is 0.500. The van der Waals surface area contributed by atoms with Gasteiger partial charge in [0.1, 0.15) is 10.4 Å². The van der Waals surface area contributed by atoms with E-state index in [1.807, 2.05) is 25.4 Å². The van der Waals surface area contributed by atoms with E-state index < -0.39 is 0 Å². The average Bonchev–Trinajstić information content (AvgIpc) is 2.86. The van der Waals surface area contributed by atoms with Crippen molar-refractivity contribution in [2.75, 3.05) is 13.2 Å². The number of pyridine rings is 1. The zero-order valence-electron chi connectivity index (χ0n) is 12.9. The van der Waals surface area contributed by atoms with Crippen molar-refractivity contribution in [1.82, 2.24) is 14.1 Å². The molecule has 3 rings (SSSR count). The largest absolute Gasteiger partial charge is 0.381 e. The van der Waals surface area contributed by atoms with Crippen LogP contribution in [0.25, 0.3) is 11.4 Å². The van der Waals surface area contributed by atoms with Gasteiger partial charge in [-0.15, -0.1) is 0 Å². The van der Waals surface area contributed by atoms with Crippen molar-refractivity contribution in [3.05, 3.63) is 39.0 Å². The number of aryl methyl sites for hydroxylation is 2. The fourth-order valence-electron chi connectivity index (χ4n) is 2.96. The minimum Gasteiger partial charge on any atom is -0.381 e. The summed E-state index contributed by atoms with van der Waals surface area (Å²) in [7, 11) is 1.78. The normalized spacial score (nSPS) is 16.1. The Bertz CT molecular complexity index is 703. The first kappa shape index (κ1) is 15.5. The number of ether oxygens (including phenoxy) is 1. The Kier molecular flexibility index (Phi) is 4.49. The molecule has 2 aromatic rings. The Morgan fingerprint density at radius 1 is 1.36 bits per heavy atom. The van der Waals surface area contributed by atoms with Crippen LogP contribution in [0, 0.1) is 12.8 Å². The first-order valence-electron chi connectivity index (χ1n) is 7.52. The van der Waals surface area contributed by atoms with Gasteiger partial charge >= 0.3 is 0 Å². The van der Waals surface area contributed by atoms with E-state index >= 15 is 0 Å². The van der Waals surface area contributed by atoms with Crippen LogP contribution in [0.4, 0.5) is 0 Å². The van der Waals surface area contributed by atoms with E-state index in [0.717, 1.165) is 54.2 Å². The Labute approximate surface area is 138 Å². The van der Waals surface area contributed by atoms with Gasteiger partial charge < -0.3 is 13.9 Å². The third-order valence-corrected chi connectivity index (χ3v) is 4.55. The van der Waals surface area contributed by atoms with Gasteiger partial charge in [0.2, 0.25) is 0 Å². The number of rotatable bonds is 3. The molecule has 0 spiro atoms. The van der Waals surface area contributed by atoms with Crippen molar-refractivity contribution in [3.63, 3.8) is 0 Å². The van der Waals surface area contributed by atoms with Crippen LogP contribution in [0.1, 0.15) is 18.4 Å². The molecule has 1 saturated heterocycles. The van der Waals surface area contributed by atoms with Crippen molar-refractivity contribution >= 4 is 15.9 Å². The van der Waals surface area contributed by atoms with Gasteiger partial charge in [-0.3, -0.25) is 4.79 Å². The number of imidazole rings is 1. The van der Waals surface area contributed by atoms with E-state index in [9.17, 15) is 4.79 Å². The highest BCUT2D eigenvalue weighted by molar-refractivity contribution is 9.10. The van der Waals surface area contributed by atoms with Gasteiger partial charge in [0, 0.05) is 50.3 Å². The second kappa shape index (κ2) is 6.38. The van der Waals surface area contributed by atoms with E-state index in [-0.39, 0.29) is 5.56 Å². The van der Waals surface area contributed by atoms with Gasteiger partial charge in [-0.25, -0.2) is 4.98 Å². The molecule has 0 radical (unpaired) electrons. The van der Waals surface area contributed by atoms with Gasteiger partial charge in [-0.2, -0.15) is 0 Å². The van der Waals surface area contributed by atoms with Crippen LogP contribution >= 0.6 is 15.9 Å². The highest BCUT2D eigenvalue weighted by Gasteiger charge is 2.18. The monoisotopic (exact) mass is 365 g/mol. The smallest absolute Gasteiger partial charge is 0.253 e. The zero-order chi connectivity index (χ0) is 15.7. The highest BCUT2D eigenvalue weighted by Crippen LogP contribution is 2.25. The van der Waals surface area contributed by atoms with Gasteiger partial charge in [-0.05, 0) is 47.7 Å². The molecule has 1 fully saturated rings. The van der Waals surface area contributed by atoms with Crippen molar-refractivity contribution in [2.45, 2.75) is 26.3 Å². The molecule has 2 aromatic heterocycles. The topological polar surface area (TPSA) is 49.0 Å². The molecule has 118 valence electrons. The summed E-state index contributed by atoms with van der Waals surface area (Å²) in [6.45, 7) is 4.45. The van der Waals surface area contributed by atoms with E-state index in [1.165, 1.54) is 0 Å². The van der Waals surface area contributed by atoms with Crippen LogP contribution in [0.3, 0.4) is 0 Å². The van der Waals surface area contributed by atoms with E-state index in [2.05, 4.69) is 25.5 Å². The second-order valence-corrected chi connectivity index (χ2v) is 6.74. The van der Waals surface area contributed by atoms with Crippen LogP contribution in [0.15, 0.2) is 27.9 Å². The van der Waals surface area contributed by atoms with Crippen LogP contribution in [0.2, 0.25) is 0 Å². The standard InChI is InChI=1S/C16H20BrN3O2/c1-11-7-13(9-19(2)16(11)21)15-18-14(17)10-20(15)8-12-3-5-22-6-4-12/h7,9-10,12H,3-6,8H2,1-2H3. The Morgan fingerprint density at radius 2 is 2.09 bits per heavy atom. The van der Waals surface area contributed by atoms with E-state index in [0.29, 0.717) is 5.92 Å². The summed E-state index contributed by atoms with van der Waals surface area (Å²) >= 11 is 3.47. The second-order valence-electron chi connectivity index (χ2n) is 5.92. The van der Waals surface area contributed by atoms with Gasteiger partial charge in [0.25, 0.3) is 5.56 Å². The molecule has 1 aliphatic heterocycles. The molecule has 1 aliphatic rings. The molecule has 0 unspecified atom stereocenters. The number of nitrogens with zero attached hydrogens (tertiary/aromatic N) is 3. The molecular weight excluding hydrogens is 346 g/mol. The van der Waals surface area contributed by atoms with Gasteiger partial charge in [-0.1, -0.05) is 0 Å². The Hall–Kier alpha value is -1.40. The molecule has 0 amide bonds. The molecular formula is C16H20BrN3O2. The summed E-state index contributed by atoms with van der Waals surface area (Å²) in [5, 5.41) is 0. The Balaban J connectivity index is 1.95. The molecule has 0 bridgehead atoms. The molecule has 0 N–H and O–H groups in total. The van der Waals surface area contributed by atoms with Crippen LogP contribution in [-0.2, 0) is 18.3 Å². The molecule has 3 heterocycles. The molecule has 6 heteroatoms. The van der Waals surface area contributed by atoms with Crippen molar-refractivity contribution in [3.8, 4) is 11.4 Å². The number of hydrogen-bond donors (Lipinski definition) is 0. The summed E-state index contributed by atoms with van der Waals surface area (Å²) in [6, 6.07) is 1.91. The van der Waals surface area contributed by atoms with E-state index in [4.69, 9.17) is 4.74 Å². The first-order valence-corrected chi connectivity index (χ1v) is 8.32. The summed E-state index contributed by atoms with van der Waals surface area (Å²) in [4.78, 5) is 16.5. The quantitative estimate of drug-likeness (QED) is 0.839. The van der Waals surface area contributed by atoms with Crippen LogP contribution in [0.5, 0.6) is 0 Å². The highest BCUT2D eigenvalue weighted by atomic mass is 79.9. The lowest BCUT2D eigenvalue weighted by Gasteiger charge is -2.23. The zero-order valence-corrected chi connectivity index (χ0v) is 14.5. The third-order valence-electron chi connectivity index (χ3n) is 4.16. The average molecular weight is 366 g/mol. The Morgan fingerprint density at radius 3 is 2.77 bits per heavy atom. The number of halogens is 1. The van der Waals surface area contributed by atoms with Crippen molar-refractivity contribution < 1.29 is 4.74 Å². The summed E-state index contributed by atoms with van der Waals surface area (Å²) < 4.78 is 10.0. The maximum Gasteiger partial charge on any atom is 0.253 e. The van der Waals surface area contributed by atoms with Crippen LogP contribution in [-0.4, -0.2) is 27.3 Å². The molecule has 0 aromatic carbocycles. The predicted molar refractivity (Wildman–Crippen MR) is 88.9 cm³/mol. The number of aromatic nitrogens is 3. The van der Waals surface area contributed by atoms with E-state index in [1.54, 1.807) is 11.6 Å². The summed E-state index contributed by atoms with van der Waals surface area (Å²) in [5.74, 6) is 1.51. The van der Waals surface area contributed by atoms with Gasteiger partial charge in [0.15, 0.2) is 0 Å². The predicted octanol–water partition coefficient (Wildman–Crippen LogP) is 2.75. The molecule has 0 saturated carbocycles. The maximum absolute atomic E-state index is 11.9. The maximum atomic E-state index is 11.9. The minimum atomic E-state index is 0.0327. The molecule has 0 aliphatic carbocycles. The fourth-order valence-corrected chi connectivity index (χ4v) is 3.38. The van der Waals surface area contributed by atoms with Gasteiger partial charge in [0.05, 0.1) is 0 Å². The van der Waals surface area contributed by atoms with Crippen molar-refractivity contribution in [2.24, 2.45) is 13.0 Å². The minimum absolute atomic E-state index is 0.0327. The lowest BCUT2D eigenvalue weighted by molar-refractivity contribution is 0.0614. The van der Waals surface area contributed by atoms with Crippen molar-refractivity contribution in [1.29, 1.82) is 0 Å². The molecule has 5 nitrogen and oxygen atoms in total. The SMILES string of the molecule is Cc1cc(-c2nc(Br)cn2CC2CCOCC2)cn(C)c1=O. The molecule has 0 atom stereocenters.